The first kappa shape index (κ1) is 96.6. The van der Waals surface area contributed by atoms with Crippen LogP contribution in [0.3, 0.4) is 0 Å². The molecule has 0 N–H and O–H groups in total. The maximum absolute atomic E-state index is 2.70. The van der Waals surface area contributed by atoms with Gasteiger partial charge in [0.15, 0.2) is 0 Å². The van der Waals surface area contributed by atoms with Crippen LogP contribution in [0.25, 0.3) is 165 Å². The highest BCUT2D eigenvalue weighted by atomic mass is 15.1. The highest BCUT2D eigenvalue weighted by Crippen LogP contribution is 2.66. The van der Waals surface area contributed by atoms with Crippen molar-refractivity contribution in [3.05, 3.63) is 399 Å². The van der Waals surface area contributed by atoms with E-state index in [2.05, 4.69) is 423 Å². The summed E-state index contributed by atoms with van der Waals surface area (Å²) in [5.41, 5.74) is 51.7. The molecule has 0 aliphatic heterocycles. The molecule has 1 heteroatoms. The van der Waals surface area contributed by atoms with Crippen LogP contribution in [-0.2, 0) is 37.9 Å². The normalized spacial score (nSPS) is 16.3. The van der Waals surface area contributed by atoms with Crippen LogP contribution in [0, 0.1) is 0 Å². The van der Waals surface area contributed by atoms with E-state index in [0.29, 0.717) is 0 Å². The Kier molecular flexibility index (Phi) is 24.5. The molecule has 0 saturated carbocycles. The highest BCUT2D eigenvalue weighted by molar-refractivity contribution is 6.26. The van der Waals surface area contributed by atoms with Crippen molar-refractivity contribution in [3.63, 3.8) is 0 Å². The SMILES string of the molecule is CCCCCCCCC1(CCCCCCC)c2ccccc2-c2ccc(-c3ccc4c(c3)C(C)(C)c3c(-c5ccc(N(c6cccc7c6C(C)(C)c6cc(-c8ccc9c(c8)C(C)(C)c8cc(-c%10ccc%11c(c%10)C(CCCCCCCC)(CCCCCCCC)c%10ccccc%10-%11)ccc8-9)ccc6-7)c6cc7c(c8ccccc68)-c6cc8c(cc6C7(C)C)-c6cc7c9ccccc9c9ccccc9c7cc6C8(C)C)cc5)cccc3-4)cc21. The Morgan fingerprint density at radius 1 is 0.168 bits per heavy atom. The monoisotopic (exact) mass is 1940 g/mol. The van der Waals surface area contributed by atoms with Gasteiger partial charge in [-0.05, 0) is 349 Å². The molecule has 7 aliphatic carbocycles. The van der Waals surface area contributed by atoms with Crippen LogP contribution in [0.1, 0.15) is 348 Å². The average Bonchev–Trinajstić information content (AvgIpc) is 1.52. The Morgan fingerprint density at radius 3 is 0.919 bits per heavy atom. The predicted octanol–water partition coefficient (Wildman–Crippen LogP) is 43.1. The van der Waals surface area contributed by atoms with Gasteiger partial charge in [0.2, 0.25) is 0 Å². The maximum atomic E-state index is 2.70. The molecule has 1 unspecified atom stereocenters. The fraction of sp³-hybridized carbons (Fsp3) is 0.324. The third kappa shape index (κ3) is 15.4. The third-order valence-corrected chi connectivity index (χ3v) is 38.3. The standard InChI is InChI=1S/C148H149N/c1-15-19-23-27-31-45-81-147(80-44-30-26-22-18-4)125-61-42-40-54-108(125)113-77-69-101(89-135(113)147)99-70-78-114-118-59-48-58-103(140(118)145(11,12)129(114)86-99)95-64-72-102(73-65-95)149(138-94-136-139(117-57-39-38-56-116(117)138)124-93-132-123(92-133(124)144(136,9)10)122-90-120-106-52-36-34-50-104(106)105-51-35-37-53-107(105)121(120)91-131(122)143(132,7)8)137-63-49-60-119-115-79-71-98(87-130(115)146(13,14)141(119)137)96-66-74-110-111-75-67-97(85-128(111)142(5,6)127(110)84-96)100-68-76-112-109-55-41-43-62-126(109)148(134(112)88-100,82-46-32-28-24-20-16-2)83-47-33-29-25-21-17-3/h34-43,48-79,84-94H,15-33,44-47,80-83H2,1-14H3. The summed E-state index contributed by atoms with van der Waals surface area (Å²) in [6, 6.07) is 129. The fourth-order valence-corrected chi connectivity index (χ4v) is 30.4. The third-order valence-electron chi connectivity index (χ3n) is 38.3. The maximum Gasteiger partial charge on any atom is 0.0543 e. The zero-order valence-electron chi connectivity index (χ0n) is 91.1. The number of hydrogen-bond donors (Lipinski definition) is 0. The Balaban J connectivity index is 0.577. The van der Waals surface area contributed by atoms with E-state index in [9.17, 15) is 0 Å². The molecule has 18 aromatic rings. The van der Waals surface area contributed by atoms with Gasteiger partial charge >= 0.3 is 0 Å². The van der Waals surface area contributed by atoms with Crippen molar-refractivity contribution in [2.75, 3.05) is 4.90 Å². The zero-order chi connectivity index (χ0) is 102. The van der Waals surface area contributed by atoms with Crippen molar-refractivity contribution in [1.82, 2.24) is 0 Å². The van der Waals surface area contributed by atoms with E-state index in [1.54, 1.807) is 22.3 Å². The van der Waals surface area contributed by atoms with Crippen LogP contribution in [0.2, 0.25) is 0 Å². The lowest BCUT2D eigenvalue weighted by Crippen LogP contribution is -2.25. The van der Waals surface area contributed by atoms with Crippen molar-refractivity contribution < 1.29 is 0 Å². The molecule has 0 spiro atoms. The minimum absolute atomic E-state index is 0.0106. The summed E-state index contributed by atoms with van der Waals surface area (Å²) < 4.78 is 0. The van der Waals surface area contributed by atoms with Gasteiger partial charge in [-0.25, -0.2) is 0 Å². The number of rotatable bonds is 34. The van der Waals surface area contributed by atoms with Crippen LogP contribution in [-0.4, -0.2) is 0 Å². The van der Waals surface area contributed by atoms with Crippen LogP contribution < -0.4 is 4.90 Å². The largest absolute Gasteiger partial charge is 0.310 e. The second kappa shape index (κ2) is 37.8. The summed E-state index contributed by atoms with van der Waals surface area (Å²) in [5, 5.41) is 10.4. The van der Waals surface area contributed by atoms with Gasteiger partial charge < -0.3 is 4.90 Å². The Labute approximate surface area is 888 Å². The minimum atomic E-state index is -0.431. The number of nitrogens with zero attached hydrogens (tertiary/aromatic N) is 1. The van der Waals surface area contributed by atoms with Crippen molar-refractivity contribution in [1.29, 1.82) is 0 Å². The van der Waals surface area contributed by atoms with E-state index in [0.717, 1.165) is 5.69 Å². The summed E-state index contributed by atoms with van der Waals surface area (Å²) in [4.78, 5) is 2.70. The van der Waals surface area contributed by atoms with Crippen molar-refractivity contribution in [2.24, 2.45) is 0 Å². The molecule has 1 nitrogen and oxygen atoms in total. The first-order valence-corrected chi connectivity index (χ1v) is 57.9. The fourth-order valence-electron chi connectivity index (χ4n) is 30.4. The zero-order valence-corrected chi connectivity index (χ0v) is 91.1. The molecule has 0 heterocycles. The van der Waals surface area contributed by atoms with Crippen LogP contribution in [0.15, 0.2) is 322 Å². The van der Waals surface area contributed by atoms with Gasteiger partial charge in [-0.1, -0.05) is 481 Å². The number of hydrogen-bond acceptors (Lipinski definition) is 1. The number of benzene rings is 18. The summed E-state index contributed by atoms with van der Waals surface area (Å²) in [6.45, 7) is 34.4. The first-order chi connectivity index (χ1) is 72.5. The first-order valence-electron chi connectivity index (χ1n) is 57.9. The smallest absolute Gasteiger partial charge is 0.0543 e. The van der Waals surface area contributed by atoms with Gasteiger partial charge in [-0.2, -0.15) is 0 Å². The molecule has 0 aromatic heterocycles. The van der Waals surface area contributed by atoms with Gasteiger partial charge in [-0.3, -0.25) is 0 Å². The summed E-state index contributed by atoms with van der Waals surface area (Å²) >= 11 is 0. The van der Waals surface area contributed by atoms with E-state index in [1.165, 1.54) is 406 Å². The molecule has 0 bridgehead atoms. The summed E-state index contributed by atoms with van der Waals surface area (Å²) in [7, 11) is 0. The highest BCUT2D eigenvalue weighted by Gasteiger charge is 2.50. The molecule has 149 heavy (non-hydrogen) atoms. The molecule has 0 radical (unpaired) electrons. The van der Waals surface area contributed by atoms with E-state index >= 15 is 0 Å². The van der Waals surface area contributed by atoms with E-state index in [1.807, 2.05) is 0 Å². The van der Waals surface area contributed by atoms with Gasteiger partial charge in [0.05, 0.1) is 11.4 Å². The van der Waals surface area contributed by atoms with E-state index < -0.39 is 5.41 Å². The average molecular weight is 1940 g/mol. The molecule has 0 amide bonds. The number of unbranched alkanes of at least 4 members (excludes halogenated alkanes) is 19. The van der Waals surface area contributed by atoms with E-state index in [4.69, 9.17) is 0 Å². The molecule has 746 valence electrons. The van der Waals surface area contributed by atoms with Gasteiger partial charge in [0, 0.05) is 49.0 Å². The number of anilines is 3. The summed E-state index contributed by atoms with van der Waals surface area (Å²) in [5.74, 6) is 0. The number of fused-ring (bicyclic) bond motifs is 29. The van der Waals surface area contributed by atoms with Gasteiger partial charge in [-0.15, -0.1) is 0 Å². The molecule has 25 rings (SSSR count). The molecule has 18 aromatic carbocycles. The second-order valence-electron chi connectivity index (χ2n) is 48.8. The van der Waals surface area contributed by atoms with Crippen molar-refractivity contribution >= 4 is 60.2 Å². The van der Waals surface area contributed by atoms with Crippen LogP contribution >= 0.6 is 0 Å². The minimum Gasteiger partial charge on any atom is -0.310 e. The van der Waals surface area contributed by atoms with Crippen molar-refractivity contribution in [2.45, 2.75) is 308 Å². The van der Waals surface area contributed by atoms with Crippen molar-refractivity contribution in [3.8, 4) is 122 Å². The van der Waals surface area contributed by atoms with E-state index in [-0.39, 0.29) is 32.5 Å². The predicted molar refractivity (Wildman–Crippen MR) is 641 cm³/mol. The molecule has 0 saturated heterocycles. The quantitative estimate of drug-likeness (QED) is 0.0287. The van der Waals surface area contributed by atoms with Gasteiger partial charge in [0.25, 0.3) is 0 Å². The lowest BCUT2D eigenvalue weighted by molar-refractivity contribution is 0.398. The van der Waals surface area contributed by atoms with Gasteiger partial charge in [0.1, 0.15) is 0 Å². The Morgan fingerprint density at radius 2 is 0.463 bits per heavy atom. The molecule has 0 fully saturated rings. The second-order valence-corrected chi connectivity index (χ2v) is 48.8. The Hall–Kier alpha value is -13.2. The van der Waals surface area contributed by atoms with Crippen LogP contribution in [0.5, 0.6) is 0 Å². The lowest BCUT2D eigenvalue weighted by atomic mass is 9.70. The Bertz CT molecular complexity index is 8370. The molecule has 1 atom stereocenters. The van der Waals surface area contributed by atoms with Crippen LogP contribution in [0.4, 0.5) is 17.1 Å². The summed E-state index contributed by atoms with van der Waals surface area (Å²) in [6.07, 6.45) is 35.0. The lowest BCUT2D eigenvalue weighted by Gasteiger charge is -2.34. The topological polar surface area (TPSA) is 3.24 Å². The molecular formula is C148H149N. The molecular weight excluding hydrogens is 1790 g/mol. The molecule has 7 aliphatic rings.